The van der Waals surface area contributed by atoms with Crippen molar-refractivity contribution < 1.29 is 80.5 Å². The number of amidine groups is 1. The van der Waals surface area contributed by atoms with Crippen LogP contribution in [0.5, 0.6) is 5.75 Å². The first-order valence-corrected chi connectivity index (χ1v) is 57.6. The molecule has 2 aromatic heterocycles. The number of aliphatic hydroxyl groups is 4. The van der Waals surface area contributed by atoms with Crippen LogP contribution in [0.1, 0.15) is 306 Å². The van der Waals surface area contributed by atoms with Gasteiger partial charge in [0.15, 0.2) is 6.19 Å². The lowest BCUT2D eigenvalue weighted by molar-refractivity contribution is -0.274. The van der Waals surface area contributed by atoms with Gasteiger partial charge in [-0.05, 0) is 289 Å². The Morgan fingerprint density at radius 3 is 1.43 bits per heavy atom. The number of thiophene rings is 1. The van der Waals surface area contributed by atoms with Crippen LogP contribution in [0.2, 0.25) is 5.02 Å². The van der Waals surface area contributed by atoms with Crippen molar-refractivity contribution in [3.05, 3.63) is 136 Å². The van der Waals surface area contributed by atoms with E-state index in [4.69, 9.17) is 40.0 Å². The number of ether oxygens (including phenoxy) is 5. The molecule has 32 heteroatoms. The van der Waals surface area contributed by atoms with E-state index in [1.165, 1.54) is 143 Å². The molecule has 12 N–H and O–H groups in total. The highest BCUT2D eigenvalue weighted by molar-refractivity contribution is 7.19. The number of furan rings is 1. The minimum absolute atomic E-state index is 0.0173. The molecule has 0 spiro atoms. The minimum Gasteiger partial charge on any atom is -0.464 e. The Kier molecular flexibility index (Phi) is 52.5. The minimum atomic E-state index is -4.83. The number of nitriles is 1. The van der Waals surface area contributed by atoms with Gasteiger partial charge in [-0.2, -0.15) is 5.26 Å². The molecule has 149 heavy (non-hydrogen) atoms. The Morgan fingerprint density at radius 2 is 0.946 bits per heavy atom. The van der Waals surface area contributed by atoms with Crippen LogP contribution >= 0.6 is 22.9 Å². The fraction of sp³-hybridized carbons (Fsp3) is 0.718. The smallest absolute Gasteiger partial charge is 0.464 e. The number of amides is 6. The Morgan fingerprint density at radius 1 is 0.497 bits per heavy atom. The van der Waals surface area contributed by atoms with E-state index in [0.717, 1.165) is 164 Å². The van der Waals surface area contributed by atoms with Gasteiger partial charge in [-0.25, -0.2) is 18.8 Å². The van der Waals surface area contributed by atoms with Crippen molar-refractivity contribution in [3.8, 4) is 11.9 Å². The van der Waals surface area contributed by atoms with Gasteiger partial charge in [-0.3, -0.25) is 10.3 Å². The average Bonchev–Trinajstić information content (AvgIpc) is 1.69. The van der Waals surface area contributed by atoms with Crippen molar-refractivity contribution in [2.45, 2.75) is 337 Å². The van der Waals surface area contributed by atoms with Gasteiger partial charge in [0.2, 0.25) is 0 Å². The first-order chi connectivity index (χ1) is 71.7. The fourth-order valence-corrected chi connectivity index (χ4v) is 26.3. The molecule has 7 fully saturated rings. The zero-order chi connectivity index (χ0) is 107. The van der Waals surface area contributed by atoms with E-state index >= 15 is 0 Å². The summed E-state index contributed by atoms with van der Waals surface area (Å²) in [7, 11) is 14.4. The molecule has 26 nitrogen and oxygen atoms in total. The number of alkyl halides is 3. The normalized spacial score (nSPS) is 21.5. The highest BCUT2D eigenvalue weighted by Crippen LogP contribution is 2.50. The quantitative estimate of drug-likeness (QED) is 0.00422. The highest BCUT2D eigenvalue weighted by atomic mass is 35.5. The number of likely N-dealkylation sites (tertiary alicyclic amines) is 3. The van der Waals surface area contributed by atoms with Crippen molar-refractivity contribution in [2.75, 3.05) is 149 Å². The van der Waals surface area contributed by atoms with E-state index in [0.29, 0.717) is 156 Å². The van der Waals surface area contributed by atoms with Crippen LogP contribution in [0.3, 0.4) is 0 Å². The van der Waals surface area contributed by atoms with Crippen LogP contribution in [-0.4, -0.2) is 238 Å². The van der Waals surface area contributed by atoms with Crippen LogP contribution in [0.15, 0.2) is 113 Å². The van der Waals surface area contributed by atoms with E-state index < -0.39 is 34.6 Å². The molecule has 836 valence electrons. The van der Waals surface area contributed by atoms with Gasteiger partial charge < -0.3 is 100 Å². The van der Waals surface area contributed by atoms with E-state index in [2.05, 4.69) is 105 Å². The number of nitrogens with zero attached hydrogens (tertiary/aromatic N) is 5. The maximum Gasteiger partial charge on any atom is 0.573 e. The van der Waals surface area contributed by atoms with E-state index in [9.17, 15) is 57.6 Å². The molecule has 3 saturated heterocycles. The second kappa shape index (κ2) is 63.5. The number of rotatable bonds is 49. The number of carbonyl (C=O) groups is 3. The lowest BCUT2D eigenvalue weighted by Gasteiger charge is -2.43. The lowest BCUT2D eigenvalue weighted by Crippen LogP contribution is -2.54. The summed E-state index contributed by atoms with van der Waals surface area (Å²) < 4.78 is 85.2. The number of fused-ring (bicyclic) bond motifs is 2. The summed E-state index contributed by atoms with van der Waals surface area (Å²) in [5, 5.41) is 86.6. The van der Waals surface area contributed by atoms with Crippen LogP contribution in [-0.2, 0) is 41.4 Å². The average molecular weight is 2120 g/mol. The Bertz CT molecular complexity index is 4900. The van der Waals surface area contributed by atoms with Gasteiger partial charge in [0.25, 0.3) is 0 Å². The summed E-state index contributed by atoms with van der Waals surface area (Å²) in [5.41, 5.74) is -2.38. The van der Waals surface area contributed by atoms with Gasteiger partial charge in [0.1, 0.15) is 28.6 Å². The number of nitrogens with one attached hydrogen (secondary N) is 8. The first kappa shape index (κ1) is 123. The number of unbranched alkanes of at least 4 members (excludes halogenated alkanes) is 4. The Labute approximate surface area is 896 Å². The predicted molar refractivity (Wildman–Crippen MR) is 590 cm³/mol. The zero-order valence-corrected chi connectivity index (χ0v) is 93.2. The number of likely N-dealkylation sites (N-methyl/N-ethyl adjacent to an activating group) is 4. The molecule has 7 aliphatic rings. The summed E-state index contributed by atoms with van der Waals surface area (Å²) in [4.78, 5) is 51.9. The van der Waals surface area contributed by atoms with Crippen LogP contribution in [0, 0.1) is 70.0 Å². The molecule has 4 saturated carbocycles. The molecule has 3 aliphatic heterocycles. The Balaban J connectivity index is 0.000000203. The molecule has 6 amide bonds. The highest BCUT2D eigenvalue weighted by Gasteiger charge is 2.48. The van der Waals surface area contributed by atoms with Gasteiger partial charge >= 0.3 is 24.5 Å². The third kappa shape index (κ3) is 39.1. The third-order valence-electron chi connectivity index (χ3n) is 32.4. The second-order valence-electron chi connectivity index (χ2n) is 45.0. The van der Waals surface area contributed by atoms with Crippen LogP contribution in [0.4, 0.5) is 31.9 Å². The van der Waals surface area contributed by atoms with Crippen molar-refractivity contribution in [2.24, 2.45) is 57.8 Å². The molecule has 13 atom stereocenters. The fourth-order valence-electron chi connectivity index (χ4n) is 24.8. The molecular formula is C117H184ClF4N13O13S. The van der Waals surface area contributed by atoms with Gasteiger partial charge in [0.05, 0.1) is 29.1 Å². The number of hydrogen-bond acceptors (Lipinski definition) is 20. The topological polar surface area (TPSA) is 334 Å². The number of hydrogen-bond donors (Lipinski definition) is 12. The molecule has 5 heterocycles. The maximum absolute atomic E-state index is 14.7. The van der Waals surface area contributed by atoms with Crippen LogP contribution < -0.4 is 47.3 Å². The number of piperidine rings is 3. The standard InChI is InChI=1S/C30H47ClN4O2.C30H46FN3O4.C30H47N3O3S.C27H44F3N3O4/c1-33-21-28(18-23-10-4-3-5-11-23)35-29(34-22-32)24-12-8-13-25(19-24)30(36,16-6-7-17-37-2)26-14-9-15-27(31)20-26;1-32-20-26(17-22-9-4-3-5-10-22)33-29(35)34-14-8-11-24(21-34)30(36,13-6-7-15-37-2)27-19-25(31)18-23-12-16-38-28(23)27;1-31-21-26(19-23-11-4-3-5-12-23)32-29(34)33-17-10-14-25(22-33)30(35,16-8-9-18-36-2)28-20-24-13-6-7-15-27(24)37-28;1-25(2,3)17-22(18-31-4)32-24(34)33-14-9-11-21(19-33)26(35,13-6-7-15-36-5)20-10-8-12-23(16-20)37-27(28,29)30/h9,14-15,20,23-25,28,33,36H,3-8,10-13,16-19,21H2,1-2H3,(H,34,35);12,16,18-19,22,24,26,32,36H,3-11,13-15,17,20-21H2,1-2H3,(H,33,35);6-7,13,15,20,23,25-26,31,35H,3-5,8-12,14,16-19,21-22H2,1-2H3,(H,32,34);8,10,12,16,21-22,31,35H,6-7,9,11,13-15,17-19H2,1-5H3,(H,32,34)/t24?,25-,28+,30+;24-,26+,30+;25-,26+,30+;21-,22+,26-/m1111/s1. The Hall–Kier alpha value is -7.52. The summed E-state index contributed by atoms with van der Waals surface area (Å²) in [6.45, 7) is 15.1. The van der Waals surface area contributed by atoms with Crippen molar-refractivity contribution in [1.82, 2.24) is 57.2 Å². The largest absolute Gasteiger partial charge is 0.573 e. The van der Waals surface area contributed by atoms with Crippen LogP contribution in [0.25, 0.3) is 21.1 Å². The van der Waals surface area contributed by atoms with Gasteiger partial charge in [-0.1, -0.05) is 178 Å². The maximum atomic E-state index is 14.7. The molecule has 0 bridgehead atoms. The van der Waals surface area contributed by atoms with Crippen molar-refractivity contribution in [1.29, 1.82) is 5.26 Å². The number of urea groups is 3. The van der Waals surface area contributed by atoms with E-state index in [-0.39, 0.29) is 83.0 Å². The lowest BCUT2D eigenvalue weighted by atomic mass is 9.68. The number of benzene rings is 4. The van der Waals surface area contributed by atoms with E-state index in [1.54, 1.807) is 56.8 Å². The third-order valence-corrected chi connectivity index (χ3v) is 33.9. The molecule has 1 unspecified atom stereocenters. The predicted octanol–water partition coefficient (Wildman–Crippen LogP) is 22.7. The van der Waals surface area contributed by atoms with Crippen molar-refractivity contribution >= 4 is 67.9 Å². The summed E-state index contributed by atoms with van der Waals surface area (Å²) in [6.07, 6.45) is 39.3. The molecular weight excluding hydrogens is 1940 g/mol. The van der Waals surface area contributed by atoms with Gasteiger partial charge in [-0.15, -0.1) is 24.5 Å². The summed E-state index contributed by atoms with van der Waals surface area (Å²) >= 11 is 8.06. The molecule has 0 radical (unpaired) electrons. The number of aliphatic imine (C=N–C) groups is 1. The van der Waals surface area contributed by atoms with Gasteiger partial charge in [0, 0.05) is 188 Å². The summed E-state index contributed by atoms with van der Waals surface area (Å²) in [6, 6.07) is 28.5. The number of halogens is 5. The molecule has 13 rings (SSSR count). The monoisotopic (exact) mass is 2120 g/mol. The SMILES string of the molecule is CNC[C@H](CC(C)(C)C)NC(=O)N1CCC[C@@H]([C@@](O)(CCCCOC)c2cccc(OC(F)(F)F)c2)C1.CNC[C@H](CC1CCCCC1)N=C(NC#N)C1CCC[C@@H]([C@@](O)(CCCCOC)c2cccc(Cl)c2)C1.CNC[C@H](CC1CCCCC1)NC(=O)N1CCC[C@@H]([C@@](O)(CCCCOC)c2cc(F)cc3ccoc23)C1.CNC[C@H](CC1CCCCC1)NC(=O)N1CCC[C@@H]([C@@](O)(CCCCOC)c2cc3ccccc3s2)C1. The number of methoxy groups -OCH3 is 4. The molecule has 6 aromatic rings. The zero-order valence-electron chi connectivity index (χ0n) is 91.6. The van der Waals surface area contributed by atoms with Crippen molar-refractivity contribution in [3.63, 3.8) is 0 Å². The van der Waals surface area contributed by atoms with E-state index in [1.807, 2.05) is 62.3 Å². The second-order valence-corrected chi connectivity index (χ2v) is 46.5. The molecule has 4 aromatic carbocycles. The number of carbonyl (C=O) groups excluding carboxylic acids is 3. The first-order valence-electron chi connectivity index (χ1n) is 56.4. The molecule has 4 aliphatic carbocycles. The summed E-state index contributed by atoms with van der Waals surface area (Å²) in [5.74, 6) is 1.77.